The molecule has 3 N–H and O–H groups in total. The van der Waals surface area contributed by atoms with E-state index in [9.17, 15) is 23.4 Å². The zero-order chi connectivity index (χ0) is 19.9. The van der Waals surface area contributed by atoms with Crippen LogP contribution in [-0.2, 0) is 6.18 Å². The van der Waals surface area contributed by atoms with E-state index in [1.165, 1.54) is 6.07 Å². The van der Waals surface area contributed by atoms with Crippen LogP contribution in [0.15, 0.2) is 36.5 Å². The van der Waals surface area contributed by atoms with E-state index in [2.05, 4.69) is 15.5 Å². The lowest BCUT2D eigenvalue weighted by molar-refractivity contribution is -0.137. The van der Waals surface area contributed by atoms with Crippen LogP contribution in [0.3, 0.4) is 0 Å². The summed E-state index contributed by atoms with van der Waals surface area (Å²) < 4.78 is 40.2. The summed E-state index contributed by atoms with van der Waals surface area (Å²) in [5.41, 5.74) is 0.0787. The second kappa shape index (κ2) is 6.97. The van der Waals surface area contributed by atoms with Crippen molar-refractivity contribution in [3.8, 4) is 17.0 Å². The van der Waals surface area contributed by atoms with Crippen LogP contribution in [-0.4, -0.2) is 37.0 Å². The fourth-order valence-corrected chi connectivity index (χ4v) is 3.60. The van der Waals surface area contributed by atoms with Crippen LogP contribution in [0.4, 0.5) is 19.1 Å². The van der Waals surface area contributed by atoms with Gasteiger partial charge in [0, 0.05) is 11.8 Å². The molecule has 2 atom stereocenters. The quantitative estimate of drug-likeness (QED) is 0.631. The molecule has 1 aliphatic rings. The number of benzene rings is 1. The summed E-state index contributed by atoms with van der Waals surface area (Å²) >= 11 is 0. The molecule has 0 spiro atoms. The molecule has 0 radical (unpaired) electrons. The van der Waals surface area contributed by atoms with Gasteiger partial charge < -0.3 is 15.5 Å². The van der Waals surface area contributed by atoms with Crippen molar-refractivity contribution in [1.82, 2.24) is 14.6 Å². The fraction of sp³-hybridized carbons (Fsp3) is 0.368. The van der Waals surface area contributed by atoms with Gasteiger partial charge in [0.25, 0.3) is 0 Å². The Labute approximate surface area is 158 Å². The van der Waals surface area contributed by atoms with Crippen LogP contribution in [0.2, 0.25) is 0 Å². The Morgan fingerprint density at radius 1 is 1.11 bits per heavy atom. The van der Waals surface area contributed by atoms with Gasteiger partial charge in [-0.3, -0.25) is 4.40 Å². The molecule has 2 aromatic heterocycles. The largest absolute Gasteiger partial charge is 0.507 e. The Bertz CT molecular complexity index is 1000. The smallest absolute Gasteiger partial charge is 0.416 e. The van der Waals surface area contributed by atoms with Crippen molar-refractivity contribution in [3.05, 3.63) is 42.1 Å². The molecule has 9 heteroatoms. The molecule has 0 unspecified atom stereocenters. The summed E-state index contributed by atoms with van der Waals surface area (Å²) in [6, 6.07) is 6.13. The molecule has 1 aliphatic carbocycles. The first kappa shape index (κ1) is 18.5. The number of fused-ring (bicyclic) bond motifs is 1. The molecule has 1 saturated carbocycles. The van der Waals surface area contributed by atoms with Crippen molar-refractivity contribution < 1.29 is 23.4 Å². The first-order chi connectivity index (χ1) is 13.3. The minimum atomic E-state index is -4.54. The fourth-order valence-electron chi connectivity index (χ4n) is 3.60. The number of phenols is 1. The number of alkyl halides is 3. The SMILES string of the molecule is Oc1cc(C(F)(F)F)ccc1-c1nnc(N[C@@H]2CCCC[C@H]2O)n2cccc12. The topological polar surface area (TPSA) is 82.7 Å². The van der Waals surface area contributed by atoms with Crippen molar-refractivity contribution in [1.29, 1.82) is 0 Å². The predicted molar refractivity (Wildman–Crippen MR) is 97.0 cm³/mol. The number of hydrogen-bond donors (Lipinski definition) is 3. The molecule has 1 aromatic carbocycles. The normalized spacial score (nSPS) is 20.4. The third-order valence-electron chi connectivity index (χ3n) is 5.09. The van der Waals surface area contributed by atoms with Gasteiger partial charge in [0.15, 0.2) is 0 Å². The highest BCUT2D eigenvalue weighted by Gasteiger charge is 2.31. The average molecular weight is 392 g/mol. The maximum atomic E-state index is 12.8. The highest BCUT2D eigenvalue weighted by atomic mass is 19.4. The van der Waals surface area contributed by atoms with Crippen molar-refractivity contribution in [2.45, 2.75) is 44.0 Å². The Hall–Kier alpha value is -2.81. The third-order valence-corrected chi connectivity index (χ3v) is 5.09. The van der Waals surface area contributed by atoms with E-state index >= 15 is 0 Å². The Morgan fingerprint density at radius 3 is 2.61 bits per heavy atom. The molecule has 3 aromatic rings. The Kier molecular flexibility index (Phi) is 4.62. The number of rotatable bonds is 3. The second-order valence-electron chi connectivity index (χ2n) is 6.97. The van der Waals surface area contributed by atoms with Crippen LogP contribution in [0.25, 0.3) is 16.8 Å². The van der Waals surface area contributed by atoms with E-state index in [0.717, 1.165) is 31.7 Å². The number of halogens is 3. The highest BCUT2D eigenvalue weighted by molar-refractivity contribution is 5.81. The molecular weight excluding hydrogens is 373 g/mol. The van der Waals surface area contributed by atoms with Crippen molar-refractivity contribution in [2.24, 2.45) is 0 Å². The van der Waals surface area contributed by atoms with Crippen LogP contribution in [0, 0.1) is 0 Å². The molecule has 6 nitrogen and oxygen atoms in total. The van der Waals surface area contributed by atoms with Gasteiger partial charge in [-0.25, -0.2) is 0 Å². The van der Waals surface area contributed by atoms with Crippen molar-refractivity contribution in [2.75, 3.05) is 5.32 Å². The molecule has 4 rings (SSSR count). The van der Waals surface area contributed by atoms with Gasteiger partial charge in [-0.2, -0.15) is 13.2 Å². The van der Waals surface area contributed by atoms with Gasteiger partial charge in [-0.05, 0) is 43.2 Å². The maximum Gasteiger partial charge on any atom is 0.416 e. The van der Waals surface area contributed by atoms with Crippen LogP contribution in [0.5, 0.6) is 5.75 Å². The molecule has 0 saturated heterocycles. The zero-order valence-electron chi connectivity index (χ0n) is 14.8. The Balaban J connectivity index is 1.71. The minimum Gasteiger partial charge on any atom is -0.507 e. The first-order valence-electron chi connectivity index (χ1n) is 9.03. The number of hydrogen-bond acceptors (Lipinski definition) is 5. The number of aromatic hydroxyl groups is 1. The molecular formula is C19H19F3N4O2. The standard InChI is InChI=1S/C19H19F3N4O2/c20-19(21,22)11-7-8-12(16(28)10-11)17-14-5-3-9-26(14)18(25-24-17)23-13-4-1-2-6-15(13)27/h3,5,7-10,13,15,27-28H,1-2,4,6H2,(H,23,25)/t13-,15-/m1/s1. The number of anilines is 1. The van der Waals surface area contributed by atoms with E-state index in [4.69, 9.17) is 0 Å². The summed E-state index contributed by atoms with van der Waals surface area (Å²) in [6.07, 6.45) is 0.252. The molecule has 1 fully saturated rings. The number of aliphatic hydroxyl groups excluding tert-OH is 1. The Morgan fingerprint density at radius 2 is 1.89 bits per heavy atom. The lowest BCUT2D eigenvalue weighted by Crippen LogP contribution is -2.37. The van der Waals surface area contributed by atoms with Crippen LogP contribution < -0.4 is 5.32 Å². The van der Waals surface area contributed by atoms with Crippen LogP contribution in [0.1, 0.15) is 31.2 Å². The minimum absolute atomic E-state index is 0.140. The zero-order valence-corrected chi connectivity index (χ0v) is 14.8. The highest BCUT2D eigenvalue weighted by Crippen LogP contribution is 2.37. The van der Waals surface area contributed by atoms with E-state index in [1.807, 2.05) is 0 Å². The van der Waals surface area contributed by atoms with E-state index < -0.39 is 23.6 Å². The predicted octanol–water partition coefficient (Wildman–Crippen LogP) is 3.84. The number of phenolic OH excluding ortho intramolecular Hbond substituents is 1. The third kappa shape index (κ3) is 3.37. The van der Waals surface area contributed by atoms with Gasteiger partial charge in [0.1, 0.15) is 11.4 Å². The molecule has 148 valence electrons. The summed E-state index contributed by atoms with van der Waals surface area (Å²) in [5.74, 6) is -0.0864. The number of nitrogens with zero attached hydrogens (tertiary/aromatic N) is 3. The molecule has 0 amide bonds. The van der Waals surface area contributed by atoms with Crippen LogP contribution >= 0.6 is 0 Å². The summed E-state index contributed by atoms with van der Waals surface area (Å²) in [5, 5.41) is 31.8. The van der Waals surface area contributed by atoms with Crippen molar-refractivity contribution >= 4 is 11.5 Å². The van der Waals surface area contributed by atoms with Gasteiger partial charge >= 0.3 is 6.18 Å². The number of aromatic nitrogens is 3. The van der Waals surface area contributed by atoms with E-state index in [-0.39, 0.29) is 17.3 Å². The van der Waals surface area contributed by atoms with Crippen molar-refractivity contribution in [3.63, 3.8) is 0 Å². The number of aliphatic hydroxyl groups is 1. The number of nitrogens with one attached hydrogen (secondary N) is 1. The van der Waals surface area contributed by atoms with Gasteiger partial charge in [-0.15, -0.1) is 10.2 Å². The van der Waals surface area contributed by atoms with E-state index in [0.29, 0.717) is 17.5 Å². The maximum absolute atomic E-state index is 12.8. The van der Waals surface area contributed by atoms with E-state index in [1.54, 1.807) is 22.7 Å². The molecule has 0 bridgehead atoms. The van der Waals surface area contributed by atoms with Gasteiger partial charge in [0.2, 0.25) is 5.95 Å². The average Bonchev–Trinajstić information content (AvgIpc) is 3.13. The molecule has 2 heterocycles. The molecule has 0 aliphatic heterocycles. The van der Waals surface area contributed by atoms with Gasteiger partial charge in [-0.1, -0.05) is 12.8 Å². The lowest BCUT2D eigenvalue weighted by atomic mass is 9.93. The second-order valence-corrected chi connectivity index (χ2v) is 6.97. The summed E-state index contributed by atoms with van der Waals surface area (Å²) in [4.78, 5) is 0. The summed E-state index contributed by atoms with van der Waals surface area (Å²) in [7, 11) is 0. The van der Waals surface area contributed by atoms with Gasteiger partial charge in [0.05, 0.1) is 23.2 Å². The lowest BCUT2D eigenvalue weighted by Gasteiger charge is -2.28. The monoisotopic (exact) mass is 392 g/mol. The first-order valence-corrected chi connectivity index (χ1v) is 9.03. The molecule has 28 heavy (non-hydrogen) atoms. The summed E-state index contributed by atoms with van der Waals surface area (Å²) in [6.45, 7) is 0.